The van der Waals surface area contributed by atoms with Crippen LogP contribution in [0.2, 0.25) is 0 Å². The zero-order valence-corrected chi connectivity index (χ0v) is 15.5. The summed E-state index contributed by atoms with van der Waals surface area (Å²) in [6.07, 6.45) is 0. The van der Waals surface area contributed by atoms with Crippen molar-refractivity contribution < 1.29 is 33.1 Å². The molecule has 0 aliphatic carbocycles. The molecular formula is C15H21N3O8S. The van der Waals surface area contributed by atoms with Gasteiger partial charge in [0.05, 0.1) is 10.7 Å². The van der Waals surface area contributed by atoms with E-state index in [0.29, 0.717) is 38.3 Å². The van der Waals surface area contributed by atoms with Gasteiger partial charge in [0.1, 0.15) is 0 Å². The molecule has 1 aliphatic heterocycles. The van der Waals surface area contributed by atoms with E-state index >= 15 is 0 Å². The van der Waals surface area contributed by atoms with E-state index in [-0.39, 0.29) is 16.4 Å². The fraction of sp³-hybridized carbons (Fsp3) is 0.467. The number of nitrogens with zero attached hydrogens (tertiary/aromatic N) is 3. The number of carboxylic acid groups (broad SMARTS) is 2. The van der Waals surface area contributed by atoms with Crippen LogP contribution in [0.1, 0.15) is 12.5 Å². The molecule has 150 valence electrons. The van der Waals surface area contributed by atoms with E-state index in [1.807, 2.05) is 4.90 Å². The molecule has 0 spiro atoms. The van der Waals surface area contributed by atoms with E-state index in [2.05, 4.69) is 0 Å². The van der Waals surface area contributed by atoms with Gasteiger partial charge in [0.15, 0.2) is 0 Å². The number of hydrogen-bond donors (Lipinski definition) is 2. The molecule has 1 aromatic rings. The van der Waals surface area contributed by atoms with Crippen molar-refractivity contribution in [3.8, 4) is 0 Å². The monoisotopic (exact) mass is 403 g/mol. The van der Waals surface area contributed by atoms with Crippen molar-refractivity contribution in [2.75, 3.05) is 31.9 Å². The van der Waals surface area contributed by atoms with E-state index in [1.165, 1.54) is 10.4 Å². The number of carbonyl (C=O) groups is 2. The minimum absolute atomic E-state index is 0.108. The van der Waals surface area contributed by atoms with Gasteiger partial charge in [-0.2, -0.15) is 4.31 Å². The first-order chi connectivity index (χ1) is 12.6. The molecular weight excluding hydrogens is 382 g/mol. The lowest BCUT2D eigenvalue weighted by molar-refractivity contribution is -0.385. The third-order valence-corrected chi connectivity index (χ3v) is 5.74. The van der Waals surface area contributed by atoms with Crippen LogP contribution in [0.25, 0.3) is 0 Å². The van der Waals surface area contributed by atoms with E-state index in [1.54, 1.807) is 25.1 Å². The molecule has 1 aromatic carbocycles. The lowest BCUT2D eigenvalue weighted by Gasteiger charge is -2.33. The Morgan fingerprint density at radius 1 is 1.11 bits per heavy atom. The first-order valence-electron chi connectivity index (χ1n) is 7.97. The molecule has 1 heterocycles. The lowest BCUT2D eigenvalue weighted by atomic mass is 10.1. The van der Waals surface area contributed by atoms with Crippen LogP contribution in [0.3, 0.4) is 0 Å². The third-order valence-electron chi connectivity index (χ3n) is 3.85. The van der Waals surface area contributed by atoms with Gasteiger partial charge in [-0.3, -0.25) is 15.0 Å². The van der Waals surface area contributed by atoms with Gasteiger partial charge < -0.3 is 10.2 Å². The van der Waals surface area contributed by atoms with Crippen molar-refractivity contribution in [1.29, 1.82) is 0 Å². The van der Waals surface area contributed by atoms with Gasteiger partial charge in [-0.1, -0.05) is 18.2 Å². The van der Waals surface area contributed by atoms with Gasteiger partial charge in [-0.05, 0) is 6.92 Å². The van der Waals surface area contributed by atoms with Gasteiger partial charge >= 0.3 is 11.9 Å². The molecule has 0 amide bonds. The Morgan fingerprint density at radius 2 is 1.63 bits per heavy atom. The van der Waals surface area contributed by atoms with Gasteiger partial charge in [0.25, 0.3) is 5.69 Å². The second kappa shape index (κ2) is 9.94. The molecule has 1 aliphatic rings. The van der Waals surface area contributed by atoms with Crippen LogP contribution in [0.4, 0.5) is 5.69 Å². The Balaban J connectivity index is 0.000000527. The fourth-order valence-electron chi connectivity index (χ4n) is 2.41. The number of benzene rings is 1. The largest absolute Gasteiger partial charge is 0.473 e. The Labute approximate surface area is 156 Å². The summed E-state index contributed by atoms with van der Waals surface area (Å²) in [5, 5.41) is 25.8. The van der Waals surface area contributed by atoms with Crippen molar-refractivity contribution in [1.82, 2.24) is 9.21 Å². The molecule has 0 aromatic heterocycles. The molecule has 0 atom stereocenters. The van der Waals surface area contributed by atoms with Crippen LogP contribution in [-0.2, 0) is 26.2 Å². The highest BCUT2D eigenvalue weighted by atomic mass is 32.2. The molecule has 1 fully saturated rings. The summed E-state index contributed by atoms with van der Waals surface area (Å²) in [5.74, 6) is -3.54. The van der Waals surface area contributed by atoms with E-state index < -0.39 is 22.0 Å². The Bertz CT molecular complexity index is 776. The minimum Gasteiger partial charge on any atom is -0.473 e. The van der Waals surface area contributed by atoms with Crippen LogP contribution in [0.15, 0.2) is 24.3 Å². The highest BCUT2D eigenvalue weighted by molar-refractivity contribution is 7.89. The van der Waals surface area contributed by atoms with E-state index in [9.17, 15) is 18.5 Å². The Morgan fingerprint density at radius 3 is 2.07 bits per heavy atom. The molecule has 27 heavy (non-hydrogen) atoms. The van der Waals surface area contributed by atoms with Crippen LogP contribution in [-0.4, -0.2) is 76.6 Å². The topological polar surface area (TPSA) is 158 Å². The maximum absolute atomic E-state index is 11.8. The van der Waals surface area contributed by atoms with E-state index in [0.717, 1.165) is 0 Å². The fourth-order valence-corrected chi connectivity index (χ4v) is 3.50. The molecule has 0 saturated carbocycles. The SMILES string of the molecule is CCS(=O)(=O)N1CCN(Cc2ccccc2[N+](=O)[O-])CC1.O=C(O)C(=O)O. The molecule has 0 bridgehead atoms. The summed E-state index contributed by atoms with van der Waals surface area (Å²) < 4.78 is 25.1. The maximum atomic E-state index is 11.8. The van der Waals surface area contributed by atoms with Crippen molar-refractivity contribution in [3.05, 3.63) is 39.9 Å². The number of piperazine rings is 1. The van der Waals surface area contributed by atoms with Crippen molar-refractivity contribution in [3.63, 3.8) is 0 Å². The lowest BCUT2D eigenvalue weighted by Crippen LogP contribution is -2.48. The van der Waals surface area contributed by atoms with Gasteiger partial charge in [-0.25, -0.2) is 18.0 Å². The average Bonchev–Trinajstić information content (AvgIpc) is 2.63. The average molecular weight is 403 g/mol. The second-order valence-corrected chi connectivity index (χ2v) is 7.83. The zero-order chi connectivity index (χ0) is 20.6. The number of rotatable bonds is 5. The van der Waals surface area contributed by atoms with Gasteiger partial charge in [0.2, 0.25) is 10.0 Å². The highest BCUT2D eigenvalue weighted by Gasteiger charge is 2.26. The molecule has 1 saturated heterocycles. The van der Waals surface area contributed by atoms with Gasteiger partial charge in [0, 0.05) is 44.4 Å². The number of carboxylic acids is 2. The number of hydrogen-bond acceptors (Lipinski definition) is 7. The molecule has 2 N–H and O–H groups in total. The molecule has 11 nitrogen and oxygen atoms in total. The number of nitro benzene ring substituents is 1. The molecule has 0 radical (unpaired) electrons. The molecule has 2 rings (SSSR count). The first kappa shape index (κ1) is 22.5. The Kier molecular flexibility index (Phi) is 8.28. The van der Waals surface area contributed by atoms with Crippen molar-refractivity contribution in [2.24, 2.45) is 0 Å². The molecule has 12 heteroatoms. The summed E-state index contributed by atoms with van der Waals surface area (Å²) >= 11 is 0. The minimum atomic E-state index is -3.14. The summed E-state index contributed by atoms with van der Waals surface area (Å²) in [5.41, 5.74) is 0.774. The zero-order valence-electron chi connectivity index (χ0n) is 14.6. The molecule has 0 unspecified atom stereocenters. The number of nitro groups is 1. The van der Waals surface area contributed by atoms with Gasteiger partial charge in [-0.15, -0.1) is 0 Å². The summed E-state index contributed by atoms with van der Waals surface area (Å²) in [7, 11) is -3.14. The van der Waals surface area contributed by atoms with E-state index in [4.69, 9.17) is 19.8 Å². The second-order valence-electron chi connectivity index (χ2n) is 5.57. The normalized spacial score (nSPS) is 15.4. The predicted molar refractivity (Wildman–Crippen MR) is 94.7 cm³/mol. The summed E-state index contributed by atoms with van der Waals surface area (Å²) in [4.78, 5) is 30.8. The highest BCUT2D eigenvalue weighted by Crippen LogP contribution is 2.20. The summed E-state index contributed by atoms with van der Waals surface area (Å²) in [6, 6.07) is 6.66. The number of sulfonamides is 1. The smallest absolute Gasteiger partial charge is 0.414 e. The van der Waals surface area contributed by atoms with Crippen LogP contribution < -0.4 is 0 Å². The van der Waals surface area contributed by atoms with Crippen LogP contribution in [0.5, 0.6) is 0 Å². The standard InChI is InChI=1S/C13H19N3O4S.C2H2O4/c1-2-21(19,20)15-9-7-14(8-10-15)11-12-5-3-4-6-13(12)16(17)18;3-1(4)2(5)6/h3-6H,2,7-11H2,1H3;(H,3,4)(H,5,6). The predicted octanol–water partition coefficient (Wildman–Crippen LogP) is 0.218. The maximum Gasteiger partial charge on any atom is 0.414 e. The summed E-state index contributed by atoms with van der Waals surface area (Å²) in [6.45, 7) is 4.16. The van der Waals surface area contributed by atoms with Crippen molar-refractivity contribution in [2.45, 2.75) is 13.5 Å². The Hall–Kier alpha value is -2.57. The van der Waals surface area contributed by atoms with Crippen LogP contribution >= 0.6 is 0 Å². The van der Waals surface area contributed by atoms with Crippen LogP contribution in [0, 0.1) is 10.1 Å². The first-order valence-corrected chi connectivity index (χ1v) is 9.58. The van der Waals surface area contributed by atoms with Crippen molar-refractivity contribution >= 4 is 27.6 Å². The number of para-hydroxylation sites is 1. The third kappa shape index (κ3) is 6.92. The quantitative estimate of drug-likeness (QED) is 0.398. The number of aliphatic carboxylic acids is 2.